The van der Waals surface area contributed by atoms with Gasteiger partial charge in [-0.3, -0.25) is 0 Å². The van der Waals surface area contributed by atoms with E-state index in [1.54, 1.807) is 0 Å². The van der Waals surface area contributed by atoms with Gasteiger partial charge in [-0.1, -0.05) is 0 Å². The molecular weight excluding hydrogens is 127 g/mol. The van der Waals surface area contributed by atoms with E-state index in [9.17, 15) is 0 Å². The molecule has 0 unspecified atom stereocenters. The first-order valence-electron chi connectivity index (χ1n) is 0.200. The average molecular weight is 130 g/mol. The molecule has 1 nitrogen and oxygen atoms in total. The van der Waals surface area contributed by atoms with Crippen LogP contribution >= 0.6 is 12.9 Å². The van der Waals surface area contributed by atoms with Crippen LogP contribution in [0.2, 0.25) is 0 Å². The van der Waals surface area contributed by atoms with Gasteiger partial charge in [0.25, 0.3) is 0 Å². The van der Waals surface area contributed by atoms with Crippen LogP contribution in [0.1, 0.15) is 1.43 Å². The normalized spacial score (nSPS) is 1.50. The van der Waals surface area contributed by atoms with E-state index in [1.165, 1.54) is 0 Å². The van der Waals surface area contributed by atoms with Crippen molar-refractivity contribution in [1.82, 2.24) is 0 Å². The predicted octanol–water partition coefficient (Wildman–Crippen LogP) is -2.50. The van der Waals surface area contributed by atoms with Crippen molar-refractivity contribution in [3.05, 3.63) is 0 Å². The summed E-state index contributed by atoms with van der Waals surface area (Å²) in [5, 5.41) is 0. The van der Waals surface area contributed by atoms with Gasteiger partial charge in [-0.05, 0) is 12.9 Å². The summed E-state index contributed by atoms with van der Waals surface area (Å²) in [6, 6.07) is 0. The maximum atomic E-state index is 6.69. The minimum Gasteiger partial charge on any atom is -1.00 e. The Morgan fingerprint density at radius 1 is 1.50 bits per heavy atom. The molecule has 0 saturated heterocycles. The molecule has 0 rings (SSSR count). The third-order valence-corrected chi connectivity index (χ3v) is 0. The Hall–Kier alpha value is 1.83. The summed E-state index contributed by atoms with van der Waals surface area (Å²) in [7, 11) is 0. The van der Waals surface area contributed by atoms with Crippen molar-refractivity contribution in [2.45, 2.75) is 0 Å². The Kier molecular flexibility index (Phi) is 89.8. The molecule has 24 valence electrons. The van der Waals surface area contributed by atoms with Crippen LogP contribution in [0.4, 0.5) is 0 Å². The molecule has 0 saturated carbocycles. The third kappa shape index (κ3) is 9.16. The van der Waals surface area contributed by atoms with Gasteiger partial charge in [0.05, 0.1) is 0 Å². The van der Waals surface area contributed by atoms with Crippen LogP contribution in [0.25, 0.3) is 0 Å². The number of hydrogen-bond donors (Lipinski definition) is 2. The molecule has 0 aromatic carbocycles. The van der Waals surface area contributed by atoms with Crippen molar-refractivity contribution in [2.75, 3.05) is 0 Å². The van der Waals surface area contributed by atoms with Crippen molar-refractivity contribution >= 4 is 12.9 Å². The molecule has 0 aliphatic heterocycles. The van der Waals surface area contributed by atoms with E-state index in [1.807, 2.05) is 0 Å². The van der Waals surface area contributed by atoms with E-state index in [-0.39, 0.29) is 48.1 Å². The number of thiol groups is 1. The van der Waals surface area contributed by atoms with Gasteiger partial charge in [0.2, 0.25) is 0 Å². The number of hydrogen-bond acceptors (Lipinski definition) is 2. The van der Waals surface area contributed by atoms with Crippen molar-refractivity contribution in [1.29, 1.82) is 0 Å². The van der Waals surface area contributed by atoms with Gasteiger partial charge in [0, 0.05) is 17.1 Å². The molecule has 0 radical (unpaired) electrons. The van der Waals surface area contributed by atoms with Crippen LogP contribution in [0.3, 0.4) is 0 Å². The molecule has 0 aliphatic carbocycles. The third-order valence-electron chi connectivity index (χ3n) is 0. The molecule has 0 aromatic rings. The molecule has 1 N–H and O–H groups in total. The fourth-order valence-corrected chi connectivity index (χ4v) is 0. The second-order valence-corrected chi connectivity index (χ2v) is 0. The van der Waals surface area contributed by atoms with Crippen LogP contribution in [0, 0.1) is 0 Å². The minimum atomic E-state index is 0. The quantitative estimate of drug-likeness (QED) is 0.211. The van der Waals surface area contributed by atoms with Gasteiger partial charge in [-0.25, -0.2) is 0 Å². The second kappa shape index (κ2) is 21.2. The van der Waals surface area contributed by atoms with Gasteiger partial charge in [-0.15, -0.1) is 0 Å². The van der Waals surface area contributed by atoms with E-state index in [4.69, 9.17) is 4.55 Å². The Morgan fingerprint density at radius 3 is 1.50 bits per heavy atom. The summed E-state index contributed by atoms with van der Waals surface area (Å²) in [6.45, 7) is 0. The Balaban J connectivity index is -0.00000000167. The second-order valence-electron chi connectivity index (χ2n) is 0. The first-order valence-corrected chi connectivity index (χ1v) is 0.600. The molecule has 0 heterocycles. The minimum absolute atomic E-state index is 0. The first kappa shape index (κ1) is 17.0. The zero-order valence-electron chi connectivity index (χ0n) is 3.25. The summed E-state index contributed by atoms with van der Waals surface area (Å²) in [5.74, 6) is 0. The fraction of sp³-hybridized carbons (Fsp3) is 0. The van der Waals surface area contributed by atoms with E-state index < -0.39 is 0 Å². The van der Waals surface area contributed by atoms with Crippen LogP contribution in [-0.4, -0.2) is 4.55 Å². The van der Waals surface area contributed by atoms with Crippen LogP contribution in [-0.2, 0) is 17.1 Å². The maximum Gasteiger partial charge on any atom is 1.00 e. The molecule has 4 heavy (non-hydrogen) atoms. The van der Waals surface area contributed by atoms with Crippen LogP contribution in [0.15, 0.2) is 0 Å². The monoisotopic (exact) mass is 130 g/mol. The predicted molar refractivity (Wildman–Crippen MR) is 12.7 cm³/mol. The summed E-state index contributed by atoms with van der Waals surface area (Å²) in [5.41, 5.74) is 0. The Bertz CT molecular complexity index is 11.6. The molecule has 0 spiro atoms. The summed E-state index contributed by atoms with van der Waals surface area (Å²) >= 11 is 2.53. The zero-order valence-corrected chi connectivity index (χ0v) is 6.25. The molecular formula is H3FeNaOS. The van der Waals surface area contributed by atoms with Gasteiger partial charge >= 0.3 is 29.6 Å². The molecule has 0 bridgehead atoms. The van der Waals surface area contributed by atoms with Crippen LogP contribution in [0.5, 0.6) is 0 Å². The van der Waals surface area contributed by atoms with Crippen LogP contribution < -0.4 is 29.6 Å². The molecule has 0 atom stereocenters. The smallest absolute Gasteiger partial charge is 1.00 e. The summed E-state index contributed by atoms with van der Waals surface area (Å²) in [4.78, 5) is 0. The zero-order chi connectivity index (χ0) is 2.00. The number of rotatable bonds is 0. The van der Waals surface area contributed by atoms with Crippen molar-refractivity contribution in [3.63, 3.8) is 0 Å². The van der Waals surface area contributed by atoms with Gasteiger partial charge in [0.1, 0.15) is 0 Å². The van der Waals surface area contributed by atoms with E-state index in [0.29, 0.717) is 0 Å². The Morgan fingerprint density at radius 2 is 1.50 bits per heavy atom. The molecule has 0 aliphatic rings. The van der Waals surface area contributed by atoms with E-state index in [2.05, 4.69) is 12.9 Å². The topological polar surface area (TPSA) is 20.2 Å². The van der Waals surface area contributed by atoms with Crippen molar-refractivity contribution in [2.24, 2.45) is 0 Å². The maximum absolute atomic E-state index is 6.69. The largest absolute Gasteiger partial charge is 1.00 e. The van der Waals surface area contributed by atoms with E-state index >= 15 is 0 Å². The van der Waals surface area contributed by atoms with Crippen molar-refractivity contribution < 1.29 is 52.6 Å². The standard InChI is InChI=1S/Fe.Na.H2OS.H/c;;1-2;/h;;1-2H;/q;+1;;-1. The van der Waals surface area contributed by atoms with E-state index in [0.717, 1.165) is 0 Å². The SMILES string of the molecule is OS.[Fe].[H-].[Na+]. The van der Waals surface area contributed by atoms with Gasteiger partial charge in [-0.2, -0.15) is 0 Å². The molecule has 0 aromatic heterocycles. The molecule has 0 fully saturated rings. The summed E-state index contributed by atoms with van der Waals surface area (Å²) in [6.07, 6.45) is 0. The first-order chi connectivity index (χ1) is 1.00. The summed E-state index contributed by atoms with van der Waals surface area (Å²) < 4.78 is 6.69. The Labute approximate surface area is 65.0 Å². The molecule has 4 heteroatoms. The molecule has 0 amide bonds. The van der Waals surface area contributed by atoms with Gasteiger partial charge < -0.3 is 5.98 Å². The fourth-order valence-electron chi connectivity index (χ4n) is 0. The van der Waals surface area contributed by atoms with Crippen molar-refractivity contribution in [3.8, 4) is 0 Å². The van der Waals surface area contributed by atoms with Gasteiger partial charge in [0.15, 0.2) is 0 Å². The average Bonchev–Trinajstić information content (AvgIpc) is 1.00.